The Labute approximate surface area is 120 Å². The Morgan fingerprint density at radius 2 is 2.15 bits per heavy atom. The number of pyridine rings is 1. The Morgan fingerprint density at radius 1 is 1.40 bits per heavy atom. The Balaban J connectivity index is 1.90. The predicted molar refractivity (Wildman–Crippen MR) is 77.6 cm³/mol. The Hall–Kier alpha value is -1.46. The fourth-order valence-corrected chi connectivity index (χ4v) is 2.48. The van der Waals surface area contributed by atoms with E-state index >= 15 is 0 Å². The number of hydrogen-bond donors (Lipinski definition) is 1. The van der Waals surface area contributed by atoms with Crippen LogP contribution in [0.2, 0.25) is 0 Å². The second kappa shape index (κ2) is 7.36. The van der Waals surface area contributed by atoms with E-state index in [4.69, 9.17) is 4.74 Å². The molecule has 1 amide bonds. The zero-order valence-corrected chi connectivity index (χ0v) is 12.2. The summed E-state index contributed by atoms with van der Waals surface area (Å²) in [5.74, 6) is 0.377. The van der Waals surface area contributed by atoms with Crippen molar-refractivity contribution in [1.29, 1.82) is 0 Å². The molecule has 0 spiro atoms. The van der Waals surface area contributed by atoms with Crippen LogP contribution in [0.25, 0.3) is 0 Å². The summed E-state index contributed by atoms with van der Waals surface area (Å²) in [4.78, 5) is 18.5. The molecule has 0 saturated carbocycles. The van der Waals surface area contributed by atoms with Gasteiger partial charge in [-0.3, -0.25) is 14.7 Å². The van der Waals surface area contributed by atoms with Crippen molar-refractivity contribution in [3.8, 4) is 0 Å². The van der Waals surface area contributed by atoms with Gasteiger partial charge in [-0.15, -0.1) is 0 Å². The summed E-state index contributed by atoms with van der Waals surface area (Å²) >= 11 is 0. The standard InChI is InChI=1S/C15H23N3O2/c1-12(2)14(18-7-9-20-10-8-18)11-17-15(19)13-5-3-4-6-16-13/h3-6,12,14H,7-11H2,1-2H3,(H,17,19). The largest absolute Gasteiger partial charge is 0.379 e. The molecule has 1 aromatic heterocycles. The molecule has 2 rings (SSSR count). The second-order valence-electron chi connectivity index (χ2n) is 5.38. The van der Waals surface area contributed by atoms with E-state index in [1.165, 1.54) is 0 Å². The van der Waals surface area contributed by atoms with Crippen LogP contribution in [0, 0.1) is 5.92 Å². The van der Waals surface area contributed by atoms with E-state index in [-0.39, 0.29) is 5.91 Å². The van der Waals surface area contributed by atoms with Gasteiger partial charge in [-0.05, 0) is 18.1 Å². The van der Waals surface area contributed by atoms with E-state index in [0.717, 1.165) is 26.3 Å². The lowest BCUT2D eigenvalue weighted by molar-refractivity contribution is 0.00671. The van der Waals surface area contributed by atoms with Gasteiger partial charge < -0.3 is 10.1 Å². The lowest BCUT2D eigenvalue weighted by Crippen LogP contribution is -2.51. The Bertz CT molecular complexity index is 416. The number of carbonyl (C=O) groups is 1. The van der Waals surface area contributed by atoms with Crippen molar-refractivity contribution in [3.63, 3.8) is 0 Å². The van der Waals surface area contributed by atoms with Crippen LogP contribution >= 0.6 is 0 Å². The molecule has 1 fully saturated rings. The fraction of sp³-hybridized carbons (Fsp3) is 0.600. The van der Waals surface area contributed by atoms with Crippen LogP contribution in [0.15, 0.2) is 24.4 Å². The first-order valence-electron chi connectivity index (χ1n) is 7.19. The molecule has 110 valence electrons. The molecule has 5 nitrogen and oxygen atoms in total. The smallest absolute Gasteiger partial charge is 0.269 e. The molecule has 1 unspecified atom stereocenters. The summed E-state index contributed by atoms with van der Waals surface area (Å²) in [7, 11) is 0. The average Bonchev–Trinajstić information content (AvgIpc) is 2.49. The maximum atomic E-state index is 12.0. The second-order valence-corrected chi connectivity index (χ2v) is 5.38. The minimum Gasteiger partial charge on any atom is -0.379 e. The Kier molecular flexibility index (Phi) is 5.49. The van der Waals surface area contributed by atoms with E-state index in [0.29, 0.717) is 24.2 Å². The summed E-state index contributed by atoms with van der Waals surface area (Å²) in [5, 5.41) is 2.99. The number of morpholine rings is 1. The molecule has 20 heavy (non-hydrogen) atoms. The predicted octanol–water partition coefficient (Wildman–Crippen LogP) is 1.17. The van der Waals surface area contributed by atoms with Gasteiger partial charge in [0.1, 0.15) is 5.69 Å². The molecule has 0 aromatic carbocycles. The van der Waals surface area contributed by atoms with Crippen molar-refractivity contribution < 1.29 is 9.53 Å². The van der Waals surface area contributed by atoms with Gasteiger partial charge >= 0.3 is 0 Å². The third-order valence-corrected chi connectivity index (χ3v) is 3.65. The third kappa shape index (κ3) is 4.02. The summed E-state index contributed by atoms with van der Waals surface area (Å²) < 4.78 is 5.39. The summed E-state index contributed by atoms with van der Waals surface area (Å²) in [5.41, 5.74) is 0.469. The highest BCUT2D eigenvalue weighted by atomic mass is 16.5. The van der Waals surface area contributed by atoms with Gasteiger partial charge in [0.05, 0.1) is 13.2 Å². The fourth-order valence-electron chi connectivity index (χ4n) is 2.48. The van der Waals surface area contributed by atoms with Gasteiger partial charge in [0.25, 0.3) is 5.91 Å². The molecule has 0 aliphatic carbocycles. The molecule has 1 saturated heterocycles. The van der Waals surface area contributed by atoms with Crippen LogP contribution in [0.3, 0.4) is 0 Å². The van der Waals surface area contributed by atoms with Crippen molar-refractivity contribution in [1.82, 2.24) is 15.2 Å². The van der Waals surface area contributed by atoms with Crippen molar-refractivity contribution in [2.24, 2.45) is 5.92 Å². The molecule has 1 aliphatic rings. The van der Waals surface area contributed by atoms with Crippen LogP contribution < -0.4 is 5.32 Å². The lowest BCUT2D eigenvalue weighted by atomic mass is 10.0. The highest BCUT2D eigenvalue weighted by molar-refractivity contribution is 5.92. The molecule has 1 aliphatic heterocycles. The van der Waals surface area contributed by atoms with Gasteiger partial charge in [-0.25, -0.2) is 0 Å². The summed E-state index contributed by atoms with van der Waals surface area (Å²) in [6, 6.07) is 5.70. The highest BCUT2D eigenvalue weighted by Gasteiger charge is 2.24. The number of carbonyl (C=O) groups excluding carboxylic acids is 1. The van der Waals surface area contributed by atoms with Crippen LogP contribution in [0.4, 0.5) is 0 Å². The van der Waals surface area contributed by atoms with Crippen molar-refractivity contribution in [2.75, 3.05) is 32.8 Å². The van der Waals surface area contributed by atoms with Gasteiger partial charge in [0.2, 0.25) is 0 Å². The van der Waals surface area contributed by atoms with Crippen LogP contribution in [0.1, 0.15) is 24.3 Å². The van der Waals surface area contributed by atoms with Gasteiger partial charge in [0.15, 0.2) is 0 Å². The number of ether oxygens (including phenoxy) is 1. The van der Waals surface area contributed by atoms with E-state index in [9.17, 15) is 4.79 Å². The minimum atomic E-state index is -0.107. The van der Waals surface area contributed by atoms with E-state index in [2.05, 4.69) is 29.0 Å². The Morgan fingerprint density at radius 3 is 2.75 bits per heavy atom. The maximum absolute atomic E-state index is 12.0. The first-order valence-corrected chi connectivity index (χ1v) is 7.19. The number of nitrogens with zero attached hydrogens (tertiary/aromatic N) is 2. The molecular weight excluding hydrogens is 254 g/mol. The van der Waals surface area contributed by atoms with Crippen LogP contribution in [-0.4, -0.2) is 54.7 Å². The van der Waals surface area contributed by atoms with Crippen molar-refractivity contribution >= 4 is 5.91 Å². The van der Waals surface area contributed by atoms with Crippen molar-refractivity contribution in [3.05, 3.63) is 30.1 Å². The monoisotopic (exact) mass is 277 g/mol. The third-order valence-electron chi connectivity index (χ3n) is 3.65. The molecule has 1 N–H and O–H groups in total. The van der Waals surface area contributed by atoms with E-state index < -0.39 is 0 Å². The zero-order valence-electron chi connectivity index (χ0n) is 12.2. The van der Waals surface area contributed by atoms with Gasteiger partial charge in [-0.1, -0.05) is 19.9 Å². The first kappa shape index (κ1) is 14.9. The van der Waals surface area contributed by atoms with Gasteiger partial charge in [-0.2, -0.15) is 0 Å². The summed E-state index contributed by atoms with van der Waals surface area (Å²) in [6.45, 7) is 8.44. The van der Waals surface area contributed by atoms with E-state index in [1.807, 2.05) is 6.07 Å². The zero-order chi connectivity index (χ0) is 14.4. The number of rotatable bonds is 5. The first-order chi connectivity index (χ1) is 9.68. The molecule has 1 atom stereocenters. The molecular formula is C15H23N3O2. The molecule has 0 bridgehead atoms. The summed E-state index contributed by atoms with van der Waals surface area (Å²) in [6.07, 6.45) is 1.64. The molecule has 0 radical (unpaired) electrons. The van der Waals surface area contributed by atoms with Crippen LogP contribution in [0.5, 0.6) is 0 Å². The quantitative estimate of drug-likeness (QED) is 0.878. The topological polar surface area (TPSA) is 54.5 Å². The van der Waals surface area contributed by atoms with Crippen LogP contribution in [-0.2, 0) is 4.74 Å². The normalized spacial score (nSPS) is 17.9. The molecule has 1 aromatic rings. The molecule has 5 heteroatoms. The number of aromatic nitrogens is 1. The lowest BCUT2D eigenvalue weighted by Gasteiger charge is -2.36. The number of hydrogen-bond acceptors (Lipinski definition) is 4. The average molecular weight is 277 g/mol. The highest BCUT2D eigenvalue weighted by Crippen LogP contribution is 2.12. The minimum absolute atomic E-state index is 0.107. The molecule has 2 heterocycles. The van der Waals surface area contributed by atoms with Crippen molar-refractivity contribution in [2.45, 2.75) is 19.9 Å². The van der Waals surface area contributed by atoms with E-state index in [1.54, 1.807) is 18.3 Å². The number of nitrogens with one attached hydrogen (secondary N) is 1. The van der Waals surface area contributed by atoms with Gasteiger partial charge in [0, 0.05) is 31.9 Å². The SMILES string of the molecule is CC(C)C(CNC(=O)c1ccccn1)N1CCOCC1. The number of amides is 1. The maximum Gasteiger partial charge on any atom is 0.269 e.